The monoisotopic (exact) mass is 248 g/mol. The van der Waals surface area contributed by atoms with Crippen LogP contribution >= 0.6 is 0 Å². The Labute approximate surface area is 110 Å². The van der Waals surface area contributed by atoms with E-state index in [0.29, 0.717) is 11.7 Å². The van der Waals surface area contributed by atoms with Crippen molar-refractivity contribution in [3.05, 3.63) is 23.8 Å². The van der Waals surface area contributed by atoms with E-state index in [-0.39, 0.29) is 17.4 Å². The number of ketones is 1. The Kier molecular flexibility index (Phi) is 3.76. The molecule has 18 heavy (non-hydrogen) atoms. The predicted octanol–water partition coefficient (Wildman–Crippen LogP) is 3.27. The highest BCUT2D eigenvalue weighted by Crippen LogP contribution is 2.51. The van der Waals surface area contributed by atoms with Gasteiger partial charge < -0.3 is 5.11 Å². The van der Waals surface area contributed by atoms with E-state index < -0.39 is 0 Å². The lowest BCUT2D eigenvalue weighted by atomic mass is 9.55. The van der Waals surface area contributed by atoms with Crippen molar-refractivity contribution in [1.82, 2.24) is 0 Å². The maximum Gasteiger partial charge on any atom is 0.165 e. The van der Waals surface area contributed by atoms with Gasteiger partial charge in [-0.2, -0.15) is 0 Å². The third-order valence-corrected chi connectivity index (χ3v) is 5.04. The van der Waals surface area contributed by atoms with Crippen molar-refractivity contribution >= 4 is 5.78 Å². The van der Waals surface area contributed by atoms with Crippen molar-refractivity contribution in [2.75, 3.05) is 0 Å². The summed E-state index contributed by atoms with van der Waals surface area (Å²) in [7, 11) is 0. The number of carbonyl (C=O) groups is 1. The molecule has 0 spiro atoms. The second kappa shape index (κ2) is 5.00. The summed E-state index contributed by atoms with van der Waals surface area (Å²) in [6, 6.07) is 0. The molecular formula is C16H24O2. The largest absolute Gasteiger partial charge is 0.393 e. The molecule has 100 valence electrons. The van der Waals surface area contributed by atoms with E-state index in [1.165, 1.54) is 0 Å². The van der Waals surface area contributed by atoms with E-state index in [1.54, 1.807) is 0 Å². The second-order valence-electron chi connectivity index (χ2n) is 6.07. The first-order valence-corrected chi connectivity index (χ1v) is 7.05. The van der Waals surface area contributed by atoms with Gasteiger partial charge in [0.1, 0.15) is 0 Å². The number of carbonyl (C=O) groups excluding carboxylic acids is 1. The van der Waals surface area contributed by atoms with Crippen molar-refractivity contribution in [2.24, 2.45) is 17.3 Å². The minimum Gasteiger partial charge on any atom is -0.393 e. The minimum atomic E-state index is -0.246. The summed E-state index contributed by atoms with van der Waals surface area (Å²) in [6.45, 7) is 6.17. The summed E-state index contributed by atoms with van der Waals surface area (Å²) < 4.78 is 0. The number of aliphatic hydroxyl groups excluding tert-OH is 1. The molecule has 2 aliphatic carbocycles. The second-order valence-corrected chi connectivity index (χ2v) is 6.07. The number of fused-ring (bicyclic) bond motifs is 1. The van der Waals surface area contributed by atoms with Crippen LogP contribution in [0.15, 0.2) is 23.8 Å². The van der Waals surface area contributed by atoms with Crippen LogP contribution in [-0.2, 0) is 4.79 Å². The lowest BCUT2D eigenvalue weighted by Gasteiger charge is -2.49. The van der Waals surface area contributed by atoms with Crippen LogP contribution in [0.2, 0.25) is 0 Å². The van der Waals surface area contributed by atoms with Crippen LogP contribution in [0.3, 0.4) is 0 Å². The fourth-order valence-corrected chi connectivity index (χ4v) is 3.77. The Balaban J connectivity index is 2.28. The average Bonchev–Trinajstić information content (AvgIpc) is 2.36. The van der Waals surface area contributed by atoms with Gasteiger partial charge in [-0.15, -0.1) is 0 Å². The number of hydrogen-bond donors (Lipinski definition) is 1. The van der Waals surface area contributed by atoms with Crippen LogP contribution in [0, 0.1) is 17.3 Å². The summed E-state index contributed by atoms with van der Waals surface area (Å²) in [4.78, 5) is 12.7. The molecule has 4 atom stereocenters. The summed E-state index contributed by atoms with van der Waals surface area (Å²) >= 11 is 0. The van der Waals surface area contributed by atoms with Crippen LogP contribution in [-0.4, -0.2) is 17.0 Å². The Morgan fingerprint density at radius 2 is 2.11 bits per heavy atom. The van der Waals surface area contributed by atoms with Crippen LogP contribution in [0.4, 0.5) is 0 Å². The Hall–Kier alpha value is -0.890. The topological polar surface area (TPSA) is 37.3 Å². The fraction of sp³-hybridized carbons (Fsp3) is 0.688. The van der Waals surface area contributed by atoms with Gasteiger partial charge in [0.15, 0.2) is 5.78 Å². The van der Waals surface area contributed by atoms with Crippen LogP contribution in [0.5, 0.6) is 0 Å². The van der Waals surface area contributed by atoms with E-state index in [4.69, 9.17) is 0 Å². The maximum atomic E-state index is 12.7. The molecule has 2 aliphatic rings. The molecule has 0 saturated heterocycles. The van der Waals surface area contributed by atoms with E-state index in [1.807, 2.05) is 25.2 Å². The standard InChI is InChI=1S/C16H24O2/c1-4-5-6-12-7-8-13-11(2)14(17)9-10-16(13,3)15(12)18/h4-6,11,13-14,17H,7-10H2,1-3H3/t11?,13?,14?,16-/m0/s1. The molecule has 0 aromatic rings. The first kappa shape index (κ1) is 13.5. The zero-order valence-electron chi connectivity index (χ0n) is 11.6. The molecule has 0 heterocycles. The highest BCUT2D eigenvalue weighted by Gasteiger charge is 2.51. The summed E-state index contributed by atoms with van der Waals surface area (Å²) in [5.74, 6) is 0.906. The zero-order valence-corrected chi connectivity index (χ0v) is 11.6. The Bertz CT molecular complexity index is 394. The van der Waals surface area contributed by atoms with Gasteiger partial charge in [0.2, 0.25) is 0 Å². The summed E-state index contributed by atoms with van der Waals surface area (Å²) in [6.07, 6.45) is 9.15. The summed E-state index contributed by atoms with van der Waals surface area (Å²) in [5, 5.41) is 9.99. The molecule has 2 saturated carbocycles. The normalized spacial score (nSPS) is 43.4. The Morgan fingerprint density at radius 3 is 2.78 bits per heavy atom. The van der Waals surface area contributed by atoms with Gasteiger partial charge in [-0.25, -0.2) is 0 Å². The molecule has 0 bridgehead atoms. The molecule has 3 unspecified atom stereocenters. The minimum absolute atomic E-state index is 0.225. The molecule has 0 aliphatic heterocycles. The first-order valence-electron chi connectivity index (χ1n) is 7.05. The third-order valence-electron chi connectivity index (χ3n) is 5.04. The molecule has 2 fully saturated rings. The highest BCUT2D eigenvalue weighted by atomic mass is 16.3. The zero-order chi connectivity index (χ0) is 13.3. The smallest absolute Gasteiger partial charge is 0.165 e. The lowest BCUT2D eigenvalue weighted by Crippen LogP contribution is -2.50. The van der Waals surface area contributed by atoms with E-state index in [0.717, 1.165) is 31.3 Å². The van der Waals surface area contributed by atoms with Crippen molar-refractivity contribution in [2.45, 2.75) is 52.6 Å². The first-order chi connectivity index (χ1) is 8.50. The molecule has 0 radical (unpaired) electrons. The van der Waals surface area contributed by atoms with Crippen molar-refractivity contribution in [1.29, 1.82) is 0 Å². The van der Waals surface area contributed by atoms with E-state index in [9.17, 15) is 9.90 Å². The average molecular weight is 248 g/mol. The molecule has 1 N–H and O–H groups in total. The predicted molar refractivity (Wildman–Crippen MR) is 73.1 cm³/mol. The molecule has 0 aromatic heterocycles. The SMILES string of the molecule is CC=CC=C1CCC2C(C)C(O)CC[C@]2(C)C1=O. The van der Waals surface area contributed by atoms with Gasteiger partial charge in [0.05, 0.1) is 6.10 Å². The molecule has 2 heteroatoms. The maximum absolute atomic E-state index is 12.7. The van der Waals surface area contributed by atoms with Crippen LogP contribution < -0.4 is 0 Å². The number of Topliss-reactive ketones (excluding diaryl/α,β-unsaturated/α-hetero) is 1. The number of hydrogen-bond acceptors (Lipinski definition) is 2. The van der Waals surface area contributed by atoms with Gasteiger partial charge in [0, 0.05) is 5.41 Å². The molecule has 0 aromatic carbocycles. The summed E-state index contributed by atoms with van der Waals surface area (Å²) in [5.41, 5.74) is 0.722. The molecule has 2 rings (SSSR count). The molecule has 2 nitrogen and oxygen atoms in total. The lowest BCUT2D eigenvalue weighted by molar-refractivity contribution is -0.138. The van der Waals surface area contributed by atoms with Gasteiger partial charge in [-0.1, -0.05) is 32.1 Å². The number of rotatable bonds is 1. The van der Waals surface area contributed by atoms with Crippen LogP contribution in [0.25, 0.3) is 0 Å². The van der Waals surface area contributed by atoms with Crippen molar-refractivity contribution < 1.29 is 9.90 Å². The molecule has 0 amide bonds. The van der Waals surface area contributed by atoms with E-state index >= 15 is 0 Å². The van der Waals surface area contributed by atoms with E-state index in [2.05, 4.69) is 13.8 Å². The van der Waals surface area contributed by atoms with Crippen molar-refractivity contribution in [3.63, 3.8) is 0 Å². The molecular weight excluding hydrogens is 224 g/mol. The van der Waals surface area contributed by atoms with Gasteiger partial charge in [0.25, 0.3) is 0 Å². The van der Waals surface area contributed by atoms with Gasteiger partial charge >= 0.3 is 0 Å². The fourth-order valence-electron chi connectivity index (χ4n) is 3.77. The Morgan fingerprint density at radius 1 is 1.39 bits per heavy atom. The third kappa shape index (κ3) is 2.07. The van der Waals surface area contributed by atoms with Gasteiger partial charge in [-0.05, 0) is 50.0 Å². The van der Waals surface area contributed by atoms with Crippen molar-refractivity contribution in [3.8, 4) is 0 Å². The highest BCUT2D eigenvalue weighted by molar-refractivity contribution is 6.01. The quantitative estimate of drug-likeness (QED) is 0.723. The van der Waals surface area contributed by atoms with Gasteiger partial charge in [-0.3, -0.25) is 4.79 Å². The van der Waals surface area contributed by atoms with Crippen LogP contribution in [0.1, 0.15) is 46.5 Å². The number of allylic oxidation sites excluding steroid dienone is 4. The number of aliphatic hydroxyl groups is 1.